The van der Waals surface area contributed by atoms with E-state index < -0.39 is 5.97 Å². The van der Waals surface area contributed by atoms with Crippen LogP contribution in [0.3, 0.4) is 0 Å². The standard InChI is InChI=1S/C26H34ClNO3/c1-26(2,3)17-10-8-6-5-7-9-12-22-25(23(29)13-11-14-24(30)31)20-18-19(27)15-16-21(20)28(22)4/h15-16,18H,5-9,11-14H2,1-4H3,(H,30,31). The predicted octanol–water partition coefficient (Wildman–Crippen LogP) is 6.81. The molecule has 1 N–H and O–H groups in total. The van der Waals surface area contributed by atoms with Crippen molar-refractivity contribution in [2.45, 2.75) is 78.6 Å². The van der Waals surface area contributed by atoms with Gasteiger partial charge in [-0.25, -0.2) is 0 Å². The van der Waals surface area contributed by atoms with Gasteiger partial charge in [0.15, 0.2) is 5.78 Å². The molecule has 1 aromatic carbocycles. The molecular weight excluding hydrogens is 410 g/mol. The minimum Gasteiger partial charge on any atom is -0.481 e. The Morgan fingerprint density at radius 1 is 1.06 bits per heavy atom. The van der Waals surface area contributed by atoms with E-state index in [0.717, 1.165) is 55.1 Å². The summed E-state index contributed by atoms with van der Waals surface area (Å²) in [5, 5.41) is 10.3. The second kappa shape index (κ2) is 11.4. The number of aromatic nitrogens is 1. The molecule has 0 saturated heterocycles. The van der Waals surface area contributed by atoms with Crippen LogP contribution in [0.2, 0.25) is 5.02 Å². The van der Waals surface area contributed by atoms with Gasteiger partial charge < -0.3 is 9.67 Å². The Kier molecular flexibility index (Phi) is 9.19. The Morgan fingerprint density at radius 3 is 2.45 bits per heavy atom. The van der Waals surface area contributed by atoms with Crippen LogP contribution >= 0.6 is 11.6 Å². The van der Waals surface area contributed by atoms with Gasteiger partial charge in [0, 0.05) is 58.9 Å². The van der Waals surface area contributed by atoms with Crippen molar-refractivity contribution in [1.29, 1.82) is 0 Å². The molecule has 0 spiro atoms. The third-order valence-electron chi connectivity index (χ3n) is 5.28. The summed E-state index contributed by atoms with van der Waals surface area (Å²) >= 11 is 6.21. The van der Waals surface area contributed by atoms with Gasteiger partial charge in [-0.05, 0) is 64.7 Å². The molecule has 1 heterocycles. The molecule has 0 aliphatic heterocycles. The van der Waals surface area contributed by atoms with E-state index in [-0.39, 0.29) is 24.0 Å². The lowest BCUT2D eigenvalue weighted by molar-refractivity contribution is -0.137. The number of unbranched alkanes of at least 4 members (excludes halogenated alkanes) is 4. The molecule has 0 aliphatic carbocycles. The summed E-state index contributed by atoms with van der Waals surface area (Å²) in [4.78, 5) is 23.8. The van der Waals surface area contributed by atoms with E-state index in [9.17, 15) is 9.59 Å². The Bertz CT molecular complexity index is 986. The number of hydrogen-bond donors (Lipinski definition) is 1. The van der Waals surface area contributed by atoms with Crippen LogP contribution in [-0.2, 0) is 18.3 Å². The summed E-state index contributed by atoms with van der Waals surface area (Å²) in [5.74, 6) is 5.66. The zero-order chi connectivity index (χ0) is 23.0. The van der Waals surface area contributed by atoms with Crippen LogP contribution in [0.1, 0.15) is 88.2 Å². The first kappa shape index (κ1) is 25.0. The lowest BCUT2D eigenvalue weighted by Crippen LogP contribution is -2.07. The maximum absolute atomic E-state index is 13.0. The van der Waals surface area contributed by atoms with E-state index in [4.69, 9.17) is 16.7 Å². The van der Waals surface area contributed by atoms with Crippen LogP contribution in [0, 0.1) is 17.3 Å². The van der Waals surface area contributed by atoms with E-state index in [1.54, 1.807) is 0 Å². The van der Waals surface area contributed by atoms with E-state index in [1.807, 2.05) is 25.2 Å². The maximum Gasteiger partial charge on any atom is 0.303 e. The largest absolute Gasteiger partial charge is 0.481 e. The van der Waals surface area contributed by atoms with Crippen molar-refractivity contribution in [3.63, 3.8) is 0 Å². The zero-order valence-corrected chi connectivity index (χ0v) is 19.9. The van der Waals surface area contributed by atoms with Crippen LogP contribution in [0.4, 0.5) is 0 Å². The molecule has 0 radical (unpaired) electrons. The van der Waals surface area contributed by atoms with Crippen molar-refractivity contribution in [2.24, 2.45) is 12.5 Å². The third-order valence-corrected chi connectivity index (χ3v) is 5.52. The fourth-order valence-corrected chi connectivity index (χ4v) is 3.96. The second-order valence-electron chi connectivity index (χ2n) is 9.18. The van der Waals surface area contributed by atoms with Crippen LogP contribution in [0.15, 0.2) is 18.2 Å². The van der Waals surface area contributed by atoms with Crippen molar-refractivity contribution >= 4 is 34.3 Å². The summed E-state index contributed by atoms with van der Waals surface area (Å²) < 4.78 is 2.09. The number of halogens is 1. The summed E-state index contributed by atoms with van der Waals surface area (Å²) in [5.41, 5.74) is 2.77. The zero-order valence-electron chi connectivity index (χ0n) is 19.2. The van der Waals surface area contributed by atoms with Crippen LogP contribution < -0.4 is 0 Å². The monoisotopic (exact) mass is 443 g/mol. The van der Waals surface area contributed by atoms with Gasteiger partial charge in [0.2, 0.25) is 0 Å². The summed E-state index contributed by atoms with van der Waals surface area (Å²) in [6.07, 6.45) is 6.63. The number of carboxylic acids is 1. The first-order valence-corrected chi connectivity index (χ1v) is 11.5. The first-order chi connectivity index (χ1) is 14.6. The highest BCUT2D eigenvalue weighted by molar-refractivity contribution is 6.31. The van der Waals surface area contributed by atoms with Gasteiger partial charge in [0.05, 0.1) is 0 Å². The Balaban J connectivity index is 2.06. The van der Waals surface area contributed by atoms with Gasteiger partial charge in [-0.1, -0.05) is 30.4 Å². The van der Waals surface area contributed by atoms with Crippen molar-refractivity contribution in [3.05, 3.63) is 34.5 Å². The Labute approximate surface area is 191 Å². The lowest BCUT2D eigenvalue weighted by Gasteiger charge is -2.08. The number of aryl methyl sites for hydroxylation is 1. The summed E-state index contributed by atoms with van der Waals surface area (Å²) in [6, 6.07) is 5.63. The van der Waals surface area contributed by atoms with Crippen molar-refractivity contribution in [1.82, 2.24) is 4.57 Å². The third kappa shape index (κ3) is 7.74. The molecular formula is C26H34ClNO3. The van der Waals surface area contributed by atoms with Crippen molar-refractivity contribution < 1.29 is 14.7 Å². The SMILES string of the molecule is Cn1c(CCCCCCC#CC(C)(C)C)c(C(=O)CCCC(=O)O)c2cc(Cl)ccc21. The summed E-state index contributed by atoms with van der Waals surface area (Å²) in [6.45, 7) is 6.37. The van der Waals surface area contributed by atoms with Gasteiger partial charge in [-0.15, -0.1) is 5.92 Å². The van der Waals surface area contributed by atoms with Crippen molar-refractivity contribution in [3.8, 4) is 11.8 Å². The molecule has 0 saturated carbocycles. The molecule has 0 fully saturated rings. The number of Topliss-reactive ketones (excluding diaryl/α,β-unsaturated/α-hetero) is 1. The van der Waals surface area contributed by atoms with Gasteiger partial charge in [-0.3, -0.25) is 9.59 Å². The summed E-state index contributed by atoms with van der Waals surface area (Å²) in [7, 11) is 1.99. The molecule has 2 rings (SSSR count). The van der Waals surface area contributed by atoms with Gasteiger partial charge in [0.1, 0.15) is 0 Å². The highest BCUT2D eigenvalue weighted by atomic mass is 35.5. The molecule has 5 heteroatoms. The van der Waals surface area contributed by atoms with Crippen LogP contribution in [-0.4, -0.2) is 21.4 Å². The molecule has 4 nitrogen and oxygen atoms in total. The molecule has 0 unspecified atom stereocenters. The highest BCUT2D eigenvalue weighted by Crippen LogP contribution is 2.30. The number of benzene rings is 1. The Hall–Kier alpha value is -2.25. The average Bonchev–Trinajstić information content (AvgIpc) is 2.94. The molecule has 0 bridgehead atoms. The number of ketones is 1. The fraction of sp³-hybridized carbons (Fsp3) is 0.538. The molecule has 0 amide bonds. The molecule has 2 aromatic rings. The number of aliphatic carboxylic acids is 1. The number of rotatable bonds is 11. The van der Waals surface area contributed by atoms with Crippen molar-refractivity contribution in [2.75, 3.05) is 0 Å². The molecule has 0 atom stereocenters. The molecule has 168 valence electrons. The lowest BCUT2D eigenvalue weighted by atomic mass is 9.97. The number of hydrogen-bond acceptors (Lipinski definition) is 2. The molecule has 1 aromatic heterocycles. The minimum absolute atomic E-state index is 0.00145. The van der Waals surface area contributed by atoms with E-state index >= 15 is 0 Å². The number of carbonyl (C=O) groups excluding carboxylic acids is 1. The van der Waals surface area contributed by atoms with Crippen LogP contribution in [0.5, 0.6) is 0 Å². The number of nitrogens with zero attached hydrogens (tertiary/aromatic N) is 1. The van der Waals surface area contributed by atoms with Gasteiger partial charge in [-0.2, -0.15) is 0 Å². The molecule has 0 aliphatic rings. The Morgan fingerprint density at radius 2 is 1.77 bits per heavy atom. The normalized spacial score (nSPS) is 11.4. The van der Waals surface area contributed by atoms with Gasteiger partial charge >= 0.3 is 5.97 Å². The smallest absolute Gasteiger partial charge is 0.303 e. The average molecular weight is 444 g/mol. The van der Waals surface area contributed by atoms with Crippen LogP contribution in [0.25, 0.3) is 10.9 Å². The maximum atomic E-state index is 13.0. The highest BCUT2D eigenvalue weighted by Gasteiger charge is 2.21. The first-order valence-electron chi connectivity index (χ1n) is 11.1. The number of fused-ring (bicyclic) bond motifs is 1. The number of carboxylic acid groups (broad SMARTS) is 1. The predicted molar refractivity (Wildman–Crippen MR) is 128 cm³/mol. The quantitative estimate of drug-likeness (QED) is 0.235. The fourth-order valence-electron chi connectivity index (χ4n) is 3.79. The van der Waals surface area contributed by atoms with Gasteiger partial charge in [0.25, 0.3) is 0 Å². The van der Waals surface area contributed by atoms with E-state index in [0.29, 0.717) is 17.0 Å². The van der Waals surface area contributed by atoms with E-state index in [2.05, 4.69) is 37.2 Å². The second-order valence-corrected chi connectivity index (χ2v) is 9.62. The van der Waals surface area contributed by atoms with E-state index in [1.165, 1.54) is 0 Å². The molecule has 31 heavy (non-hydrogen) atoms. The number of carbonyl (C=O) groups is 2. The minimum atomic E-state index is -0.874. The topological polar surface area (TPSA) is 59.3 Å².